The van der Waals surface area contributed by atoms with Gasteiger partial charge in [0.05, 0.1) is 17.5 Å². The van der Waals surface area contributed by atoms with Crippen molar-refractivity contribution < 1.29 is 9.90 Å². The van der Waals surface area contributed by atoms with Crippen molar-refractivity contribution in [2.75, 3.05) is 25.0 Å². The summed E-state index contributed by atoms with van der Waals surface area (Å²) in [6.07, 6.45) is 7.15. The third-order valence-corrected chi connectivity index (χ3v) is 8.47. The summed E-state index contributed by atoms with van der Waals surface area (Å²) < 4.78 is 0. The number of carbonyl (C=O) groups excluding carboxylic acids is 1. The number of likely N-dealkylation sites (tertiary alicyclic amines) is 1. The fraction of sp³-hybridized carbons (Fsp3) is 0.400. The molecule has 0 spiro atoms. The Hall–Kier alpha value is -3.02. The number of hydrogen-bond donors (Lipinski definition) is 2. The van der Waals surface area contributed by atoms with Crippen LogP contribution in [-0.4, -0.2) is 40.5 Å². The zero-order valence-electron chi connectivity index (χ0n) is 20.3. The standard InChI is InChI=1S/C30H33N3O2/c1-2-7-28(34)32-22-16-21(18-31-19-22)30(35)12-14-33(15-13-30)20-29-17-25(23-8-3-5-10-26(23)29)24-9-4-6-11-27(24)29/h3-6,8-11,16,18-19,25,35H,2,7,12-15,17,20H2,1H3,(H,32,34). The van der Waals surface area contributed by atoms with Gasteiger partial charge in [-0.15, -0.1) is 0 Å². The fourth-order valence-corrected chi connectivity index (χ4v) is 6.77. The number of benzene rings is 2. The Labute approximate surface area is 207 Å². The molecule has 2 bridgehead atoms. The van der Waals surface area contributed by atoms with Crippen LogP contribution in [0.1, 0.15) is 72.8 Å². The van der Waals surface area contributed by atoms with Crippen molar-refractivity contribution >= 4 is 11.6 Å². The third kappa shape index (κ3) is 3.69. The Kier molecular flexibility index (Phi) is 5.50. The predicted molar refractivity (Wildman–Crippen MR) is 137 cm³/mol. The first-order valence-electron chi connectivity index (χ1n) is 12.9. The lowest BCUT2D eigenvalue weighted by Crippen LogP contribution is -2.47. The first kappa shape index (κ1) is 22.4. The van der Waals surface area contributed by atoms with Gasteiger partial charge in [0.25, 0.3) is 0 Å². The van der Waals surface area contributed by atoms with Crippen molar-refractivity contribution in [2.24, 2.45) is 0 Å². The smallest absolute Gasteiger partial charge is 0.224 e. The van der Waals surface area contributed by atoms with E-state index >= 15 is 0 Å². The summed E-state index contributed by atoms with van der Waals surface area (Å²) in [6.45, 7) is 4.64. The van der Waals surface area contributed by atoms with E-state index in [4.69, 9.17) is 0 Å². The molecule has 0 atom stereocenters. The predicted octanol–water partition coefficient (Wildman–Crippen LogP) is 4.94. The zero-order chi connectivity index (χ0) is 24.0. The Balaban J connectivity index is 1.20. The van der Waals surface area contributed by atoms with Crippen LogP contribution in [0.2, 0.25) is 0 Å². The molecule has 1 fully saturated rings. The molecule has 2 aromatic carbocycles. The van der Waals surface area contributed by atoms with Crippen LogP contribution in [0.5, 0.6) is 0 Å². The van der Waals surface area contributed by atoms with Crippen molar-refractivity contribution in [3.63, 3.8) is 0 Å². The molecule has 2 heterocycles. The third-order valence-electron chi connectivity index (χ3n) is 8.47. The van der Waals surface area contributed by atoms with E-state index in [-0.39, 0.29) is 11.3 Å². The summed E-state index contributed by atoms with van der Waals surface area (Å²) in [5.41, 5.74) is 6.54. The molecular formula is C30H33N3O2. The summed E-state index contributed by atoms with van der Waals surface area (Å²) >= 11 is 0. The van der Waals surface area contributed by atoms with E-state index in [0.29, 0.717) is 30.9 Å². The maximum atomic E-state index is 12.0. The van der Waals surface area contributed by atoms with Gasteiger partial charge in [-0.05, 0) is 54.0 Å². The second-order valence-electron chi connectivity index (χ2n) is 10.6. The topological polar surface area (TPSA) is 65.5 Å². The first-order chi connectivity index (χ1) is 17.0. The number of fused-ring (bicyclic) bond motifs is 8. The number of pyridine rings is 1. The van der Waals surface area contributed by atoms with Gasteiger partial charge in [0, 0.05) is 49.1 Å². The highest BCUT2D eigenvalue weighted by Crippen LogP contribution is 2.60. The first-order valence-corrected chi connectivity index (χ1v) is 12.9. The van der Waals surface area contributed by atoms with E-state index in [9.17, 15) is 9.90 Å². The van der Waals surface area contributed by atoms with E-state index in [1.807, 2.05) is 13.0 Å². The molecule has 0 radical (unpaired) electrons. The molecule has 5 nitrogen and oxygen atoms in total. The van der Waals surface area contributed by atoms with E-state index < -0.39 is 5.60 Å². The monoisotopic (exact) mass is 467 g/mol. The second-order valence-corrected chi connectivity index (χ2v) is 10.6. The van der Waals surface area contributed by atoms with Crippen LogP contribution in [0.4, 0.5) is 5.69 Å². The second kappa shape index (κ2) is 8.58. The summed E-state index contributed by atoms with van der Waals surface area (Å²) in [5.74, 6) is 0.486. The van der Waals surface area contributed by atoms with E-state index in [1.54, 1.807) is 12.4 Å². The number of anilines is 1. The molecule has 1 aromatic heterocycles. The van der Waals surface area contributed by atoms with E-state index in [1.165, 1.54) is 22.3 Å². The van der Waals surface area contributed by atoms with Crippen molar-refractivity contribution in [1.29, 1.82) is 0 Å². The van der Waals surface area contributed by atoms with Crippen molar-refractivity contribution in [1.82, 2.24) is 9.88 Å². The summed E-state index contributed by atoms with van der Waals surface area (Å²) in [5, 5.41) is 14.5. The number of piperidine rings is 1. The molecule has 1 aliphatic heterocycles. The van der Waals surface area contributed by atoms with E-state index in [0.717, 1.165) is 38.0 Å². The average Bonchev–Trinajstić information content (AvgIpc) is 3.38. The van der Waals surface area contributed by atoms with Gasteiger partial charge in [0.1, 0.15) is 0 Å². The number of aliphatic hydroxyl groups is 1. The number of amides is 1. The van der Waals surface area contributed by atoms with Crippen LogP contribution in [0.25, 0.3) is 0 Å². The van der Waals surface area contributed by atoms with Gasteiger partial charge < -0.3 is 15.3 Å². The summed E-state index contributed by atoms with van der Waals surface area (Å²) in [4.78, 5) is 18.9. The molecule has 3 aliphatic rings. The normalized spacial score (nSPS) is 24.1. The van der Waals surface area contributed by atoms with Crippen LogP contribution in [0.3, 0.4) is 0 Å². The largest absolute Gasteiger partial charge is 0.385 e. The molecule has 35 heavy (non-hydrogen) atoms. The highest BCUT2D eigenvalue weighted by atomic mass is 16.3. The highest BCUT2D eigenvalue weighted by molar-refractivity contribution is 5.90. The molecule has 1 amide bonds. The number of aromatic nitrogens is 1. The number of nitrogens with zero attached hydrogens (tertiary/aromatic N) is 2. The van der Waals surface area contributed by atoms with Crippen molar-refractivity contribution in [3.05, 3.63) is 94.8 Å². The lowest BCUT2D eigenvalue weighted by atomic mass is 9.74. The van der Waals surface area contributed by atoms with Crippen LogP contribution >= 0.6 is 0 Å². The van der Waals surface area contributed by atoms with Crippen molar-refractivity contribution in [3.8, 4) is 0 Å². The Morgan fingerprint density at radius 2 is 1.71 bits per heavy atom. The number of carbonyl (C=O) groups is 1. The highest BCUT2D eigenvalue weighted by Gasteiger charge is 2.53. The molecular weight excluding hydrogens is 434 g/mol. The molecule has 0 saturated carbocycles. The lowest BCUT2D eigenvalue weighted by molar-refractivity contribution is -0.116. The summed E-state index contributed by atoms with van der Waals surface area (Å²) in [6, 6.07) is 19.9. The van der Waals surface area contributed by atoms with Crippen LogP contribution in [-0.2, 0) is 15.8 Å². The Morgan fingerprint density at radius 3 is 2.37 bits per heavy atom. The van der Waals surface area contributed by atoms with Gasteiger partial charge in [-0.1, -0.05) is 55.5 Å². The van der Waals surface area contributed by atoms with Gasteiger partial charge in [-0.2, -0.15) is 0 Å². The Bertz CT molecular complexity index is 1210. The fourth-order valence-electron chi connectivity index (χ4n) is 6.77. The summed E-state index contributed by atoms with van der Waals surface area (Å²) in [7, 11) is 0. The van der Waals surface area contributed by atoms with Crippen LogP contribution in [0.15, 0.2) is 67.0 Å². The number of nitrogens with one attached hydrogen (secondary N) is 1. The molecule has 5 heteroatoms. The molecule has 2 N–H and O–H groups in total. The van der Waals surface area contributed by atoms with E-state index in [2.05, 4.69) is 63.7 Å². The van der Waals surface area contributed by atoms with Gasteiger partial charge >= 0.3 is 0 Å². The van der Waals surface area contributed by atoms with Crippen LogP contribution in [0, 0.1) is 0 Å². The van der Waals surface area contributed by atoms with Gasteiger partial charge in [0.15, 0.2) is 0 Å². The van der Waals surface area contributed by atoms with Gasteiger partial charge in [0.2, 0.25) is 5.91 Å². The van der Waals surface area contributed by atoms with Gasteiger partial charge in [-0.3, -0.25) is 9.78 Å². The van der Waals surface area contributed by atoms with Crippen molar-refractivity contribution in [2.45, 2.75) is 56.0 Å². The molecule has 6 rings (SSSR count). The van der Waals surface area contributed by atoms with Crippen LogP contribution < -0.4 is 5.32 Å². The SMILES string of the molecule is CCCC(=O)Nc1cncc(C2(O)CCN(CC34CC(c5ccccc53)c3ccccc34)CC2)c1. The molecule has 3 aromatic rings. The maximum Gasteiger partial charge on any atom is 0.224 e. The maximum absolute atomic E-state index is 12.0. The number of rotatable bonds is 6. The molecule has 1 saturated heterocycles. The molecule has 2 aliphatic carbocycles. The molecule has 0 unspecified atom stereocenters. The Morgan fingerprint density at radius 1 is 1.06 bits per heavy atom. The number of hydrogen-bond acceptors (Lipinski definition) is 4. The minimum absolute atomic E-state index is 0.0143. The quantitative estimate of drug-likeness (QED) is 0.539. The van der Waals surface area contributed by atoms with Gasteiger partial charge in [-0.25, -0.2) is 0 Å². The lowest BCUT2D eigenvalue weighted by Gasteiger charge is -2.42. The molecule has 180 valence electrons. The average molecular weight is 468 g/mol. The zero-order valence-corrected chi connectivity index (χ0v) is 20.3. The minimum Gasteiger partial charge on any atom is -0.385 e. The minimum atomic E-state index is -0.920.